The highest BCUT2D eigenvalue weighted by Crippen LogP contribution is 2.38. The number of likely N-dealkylation sites (N-methyl/N-ethyl adjacent to an activating group) is 1. The van der Waals surface area contributed by atoms with E-state index in [9.17, 15) is 4.79 Å². The Morgan fingerprint density at radius 2 is 2.33 bits per heavy atom. The molecular formula is C11H22N2O2. The van der Waals surface area contributed by atoms with Crippen molar-refractivity contribution in [1.82, 2.24) is 4.90 Å². The summed E-state index contributed by atoms with van der Waals surface area (Å²) in [4.78, 5) is 13.9. The van der Waals surface area contributed by atoms with E-state index in [1.54, 1.807) is 4.90 Å². The molecule has 1 fully saturated rings. The highest BCUT2D eigenvalue weighted by Gasteiger charge is 2.44. The minimum atomic E-state index is -0.412. The molecule has 3 N–H and O–H groups in total. The van der Waals surface area contributed by atoms with Crippen molar-refractivity contribution >= 4 is 5.91 Å². The van der Waals surface area contributed by atoms with Gasteiger partial charge in [0, 0.05) is 19.1 Å². The lowest BCUT2D eigenvalue weighted by molar-refractivity contribution is -0.142. The molecule has 15 heavy (non-hydrogen) atoms. The van der Waals surface area contributed by atoms with Gasteiger partial charge in [-0.25, -0.2) is 0 Å². The van der Waals surface area contributed by atoms with Crippen LogP contribution in [0.25, 0.3) is 0 Å². The Labute approximate surface area is 91.4 Å². The average molecular weight is 214 g/mol. The Bertz CT molecular complexity index is 233. The van der Waals surface area contributed by atoms with Crippen LogP contribution in [0, 0.1) is 5.41 Å². The van der Waals surface area contributed by atoms with Crippen LogP contribution in [0.5, 0.6) is 0 Å². The van der Waals surface area contributed by atoms with Crippen LogP contribution in [0.4, 0.5) is 0 Å². The summed E-state index contributed by atoms with van der Waals surface area (Å²) in [6, 6.07) is -0.0299. The first-order valence-corrected chi connectivity index (χ1v) is 5.72. The lowest BCUT2D eigenvalue weighted by Crippen LogP contribution is -2.49. The van der Waals surface area contributed by atoms with Crippen molar-refractivity contribution in [2.45, 2.75) is 39.2 Å². The third kappa shape index (κ3) is 2.32. The van der Waals surface area contributed by atoms with Gasteiger partial charge in [0.2, 0.25) is 5.91 Å². The van der Waals surface area contributed by atoms with E-state index in [1.165, 1.54) is 0 Å². The summed E-state index contributed by atoms with van der Waals surface area (Å²) in [5.74, 6) is 0.101. The molecule has 88 valence electrons. The Kier molecular flexibility index (Phi) is 4.11. The van der Waals surface area contributed by atoms with Crippen molar-refractivity contribution in [1.29, 1.82) is 0 Å². The van der Waals surface area contributed by atoms with E-state index >= 15 is 0 Å². The van der Waals surface area contributed by atoms with Crippen LogP contribution in [-0.4, -0.2) is 41.7 Å². The summed E-state index contributed by atoms with van der Waals surface area (Å²) in [6.07, 6.45) is 2.83. The summed E-state index contributed by atoms with van der Waals surface area (Å²) in [5.41, 5.74) is 5.58. The summed E-state index contributed by atoms with van der Waals surface area (Å²) in [6.45, 7) is 4.95. The highest BCUT2D eigenvalue weighted by atomic mass is 16.3. The minimum Gasteiger partial charge on any atom is -0.395 e. The third-order valence-corrected chi connectivity index (χ3v) is 3.56. The van der Waals surface area contributed by atoms with E-state index in [-0.39, 0.29) is 18.6 Å². The number of carbonyl (C=O) groups is 1. The maximum atomic E-state index is 12.2. The van der Waals surface area contributed by atoms with Gasteiger partial charge in [-0.1, -0.05) is 6.42 Å². The molecule has 0 spiro atoms. The fourth-order valence-electron chi connectivity index (χ4n) is 2.34. The van der Waals surface area contributed by atoms with Crippen LogP contribution in [0.15, 0.2) is 0 Å². The van der Waals surface area contributed by atoms with E-state index in [0.717, 1.165) is 19.3 Å². The Morgan fingerprint density at radius 1 is 1.67 bits per heavy atom. The summed E-state index contributed by atoms with van der Waals surface area (Å²) in [5, 5.41) is 8.88. The molecule has 4 nitrogen and oxygen atoms in total. The maximum Gasteiger partial charge on any atom is 0.230 e. The van der Waals surface area contributed by atoms with Gasteiger partial charge in [0.05, 0.1) is 12.0 Å². The number of nitrogens with zero attached hydrogens (tertiary/aromatic N) is 1. The first-order chi connectivity index (χ1) is 7.06. The molecule has 1 amide bonds. The molecule has 1 aliphatic rings. The van der Waals surface area contributed by atoms with Crippen LogP contribution < -0.4 is 5.73 Å². The first-order valence-electron chi connectivity index (χ1n) is 5.72. The second-order valence-electron chi connectivity index (χ2n) is 4.52. The molecule has 0 aromatic rings. The molecule has 0 bridgehead atoms. The van der Waals surface area contributed by atoms with Gasteiger partial charge < -0.3 is 15.7 Å². The molecule has 0 aromatic carbocycles. The topological polar surface area (TPSA) is 66.6 Å². The molecule has 0 radical (unpaired) electrons. The summed E-state index contributed by atoms with van der Waals surface area (Å²) in [7, 11) is 0. The normalized spacial score (nSPS) is 30.5. The van der Waals surface area contributed by atoms with Gasteiger partial charge in [0.15, 0.2) is 0 Å². The molecule has 0 saturated heterocycles. The third-order valence-electron chi connectivity index (χ3n) is 3.56. The Balaban J connectivity index is 2.72. The molecule has 2 unspecified atom stereocenters. The lowest BCUT2D eigenvalue weighted by atomic mass is 9.83. The number of aliphatic hydroxyl groups is 1. The van der Waals surface area contributed by atoms with Gasteiger partial charge in [0.1, 0.15) is 0 Å². The summed E-state index contributed by atoms with van der Waals surface area (Å²) >= 11 is 0. The molecule has 0 heterocycles. The molecule has 4 heteroatoms. The monoisotopic (exact) mass is 214 g/mol. The quantitative estimate of drug-likeness (QED) is 0.709. The summed E-state index contributed by atoms with van der Waals surface area (Å²) < 4.78 is 0. The fraction of sp³-hybridized carbons (Fsp3) is 0.909. The molecule has 0 aliphatic heterocycles. The Hall–Kier alpha value is -0.610. The number of nitrogens with two attached hydrogens (primary N) is 1. The van der Waals surface area contributed by atoms with Crippen LogP contribution >= 0.6 is 0 Å². The van der Waals surface area contributed by atoms with Gasteiger partial charge >= 0.3 is 0 Å². The van der Waals surface area contributed by atoms with E-state index in [1.807, 2.05) is 13.8 Å². The van der Waals surface area contributed by atoms with Gasteiger partial charge in [0.25, 0.3) is 0 Å². The van der Waals surface area contributed by atoms with Gasteiger partial charge in [-0.15, -0.1) is 0 Å². The van der Waals surface area contributed by atoms with Gasteiger partial charge in [-0.2, -0.15) is 0 Å². The van der Waals surface area contributed by atoms with Crippen LogP contribution in [-0.2, 0) is 4.79 Å². The predicted molar refractivity (Wildman–Crippen MR) is 59.3 cm³/mol. The number of carbonyl (C=O) groups excluding carboxylic acids is 1. The maximum absolute atomic E-state index is 12.2. The zero-order chi connectivity index (χ0) is 11.5. The first kappa shape index (κ1) is 12.5. The molecular weight excluding hydrogens is 192 g/mol. The number of amides is 1. The van der Waals surface area contributed by atoms with E-state index < -0.39 is 5.41 Å². The lowest BCUT2D eigenvalue weighted by Gasteiger charge is -2.33. The van der Waals surface area contributed by atoms with Crippen molar-refractivity contribution in [3.05, 3.63) is 0 Å². The molecule has 1 saturated carbocycles. The smallest absolute Gasteiger partial charge is 0.230 e. The van der Waals surface area contributed by atoms with Crippen LogP contribution in [0.2, 0.25) is 0 Å². The van der Waals surface area contributed by atoms with Crippen molar-refractivity contribution in [2.75, 3.05) is 19.7 Å². The van der Waals surface area contributed by atoms with Crippen LogP contribution in [0.3, 0.4) is 0 Å². The number of rotatable bonds is 4. The van der Waals surface area contributed by atoms with Crippen molar-refractivity contribution in [3.63, 3.8) is 0 Å². The highest BCUT2D eigenvalue weighted by molar-refractivity contribution is 5.83. The predicted octanol–water partition coefficient (Wildman–Crippen LogP) is 0.345. The number of hydrogen-bond donors (Lipinski definition) is 2. The van der Waals surface area contributed by atoms with E-state index in [4.69, 9.17) is 10.8 Å². The molecule has 1 rings (SSSR count). The van der Waals surface area contributed by atoms with E-state index in [0.29, 0.717) is 13.1 Å². The van der Waals surface area contributed by atoms with E-state index in [2.05, 4.69) is 0 Å². The standard InChI is InChI=1S/C11H22N2O2/c1-3-13(7-8-14)10(15)11(2)6-4-5-9(11)12/h9,14H,3-8,12H2,1-2H3. The van der Waals surface area contributed by atoms with Gasteiger partial charge in [-0.3, -0.25) is 4.79 Å². The largest absolute Gasteiger partial charge is 0.395 e. The fourth-order valence-corrected chi connectivity index (χ4v) is 2.34. The molecule has 1 aliphatic carbocycles. The average Bonchev–Trinajstić information content (AvgIpc) is 2.56. The Morgan fingerprint density at radius 3 is 2.73 bits per heavy atom. The van der Waals surface area contributed by atoms with Crippen LogP contribution in [0.1, 0.15) is 33.1 Å². The second-order valence-corrected chi connectivity index (χ2v) is 4.52. The minimum absolute atomic E-state index is 0.0187. The van der Waals surface area contributed by atoms with Crippen molar-refractivity contribution in [2.24, 2.45) is 11.1 Å². The zero-order valence-electron chi connectivity index (χ0n) is 9.70. The SMILES string of the molecule is CCN(CCO)C(=O)C1(C)CCCC1N. The molecule has 2 atom stereocenters. The second kappa shape index (κ2) is 4.94. The number of aliphatic hydroxyl groups excluding tert-OH is 1. The van der Waals surface area contributed by atoms with Crippen molar-refractivity contribution < 1.29 is 9.90 Å². The number of hydrogen-bond acceptors (Lipinski definition) is 3. The van der Waals surface area contributed by atoms with Gasteiger partial charge in [-0.05, 0) is 26.7 Å². The van der Waals surface area contributed by atoms with Crippen molar-refractivity contribution in [3.8, 4) is 0 Å². The molecule has 0 aromatic heterocycles. The zero-order valence-corrected chi connectivity index (χ0v) is 9.70.